The second-order valence-corrected chi connectivity index (χ2v) is 4.95. The van der Waals surface area contributed by atoms with E-state index in [4.69, 9.17) is 9.47 Å². The number of ether oxygens (including phenoxy) is 2. The number of rotatable bonds is 5. The highest BCUT2D eigenvalue weighted by Gasteiger charge is 2.32. The summed E-state index contributed by atoms with van der Waals surface area (Å²) >= 11 is 0. The second kappa shape index (κ2) is 6.41. The van der Waals surface area contributed by atoms with Gasteiger partial charge in [-0.15, -0.1) is 0 Å². The van der Waals surface area contributed by atoms with E-state index in [0.717, 1.165) is 11.3 Å². The van der Waals surface area contributed by atoms with Crippen molar-refractivity contribution in [3.05, 3.63) is 66.2 Å². The molecule has 1 fully saturated rings. The quantitative estimate of drug-likeness (QED) is 0.845. The minimum Gasteiger partial charge on any atom is -0.441 e. The maximum Gasteiger partial charge on any atom is 0.414 e. The SMILES string of the molecule is O=C1O[C@H](COCc2ccccc2)CN1c1ccccc1. The van der Waals surface area contributed by atoms with Gasteiger partial charge in [0.25, 0.3) is 0 Å². The third-order valence-electron chi connectivity index (χ3n) is 3.36. The summed E-state index contributed by atoms with van der Waals surface area (Å²) in [5.41, 5.74) is 1.97. The molecule has 1 saturated heterocycles. The number of amides is 1. The highest BCUT2D eigenvalue weighted by atomic mass is 16.6. The van der Waals surface area contributed by atoms with Gasteiger partial charge in [0.05, 0.1) is 19.8 Å². The largest absolute Gasteiger partial charge is 0.441 e. The number of benzene rings is 2. The highest BCUT2D eigenvalue weighted by molar-refractivity contribution is 5.89. The first kappa shape index (κ1) is 13.6. The fraction of sp³-hybridized carbons (Fsp3) is 0.235. The summed E-state index contributed by atoms with van der Waals surface area (Å²) in [7, 11) is 0. The van der Waals surface area contributed by atoms with Crippen molar-refractivity contribution in [1.82, 2.24) is 0 Å². The van der Waals surface area contributed by atoms with Gasteiger partial charge >= 0.3 is 6.09 Å². The van der Waals surface area contributed by atoms with Crippen LogP contribution in [-0.4, -0.2) is 25.3 Å². The summed E-state index contributed by atoms with van der Waals surface area (Å²) in [4.78, 5) is 13.5. The Kier molecular flexibility index (Phi) is 4.17. The molecule has 0 saturated carbocycles. The lowest BCUT2D eigenvalue weighted by molar-refractivity contribution is 0.0381. The van der Waals surface area contributed by atoms with E-state index in [1.807, 2.05) is 60.7 Å². The van der Waals surface area contributed by atoms with Gasteiger partial charge in [0.15, 0.2) is 0 Å². The topological polar surface area (TPSA) is 38.8 Å². The Labute approximate surface area is 123 Å². The number of carbonyl (C=O) groups is 1. The molecule has 1 aliphatic heterocycles. The predicted molar refractivity (Wildman–Crippen MR) is 80.2 cm³/mol. The fourth-order valence-corrected chi connectivity index (χ4v) is 2.31. The summed E-state index contributed by atoms with van der Waals surface area (Å²) in [6.45, 7) is 1.46. The van der Waals surface area contributed by atoms with Crippen molar-refractivity contribution < 1.29 is 14.3 Å². The van der Waals surface area contributed by atoms with Gasteiger partial charge in [-0.2, -0.15) is 0 Å². The van der Waals surface area contributed by atoms with E-state index < -0.39 is 0 Å². The number of carbonyl (C=O) groups excluding carboxylic acids is 1. The second-order valence-electron chi connectivity index (χ2n) is 4.95. The Morgan fingerprint density at radius 3 is 2.43 bits per heavy atom. The van der Waals surface area contributed by atoms with Crippen molar-refractivity contribution in [1.29, 1.82) is 0 Å². The fourth-order valence-electron chi connectivity index (χ4n) is 2.31. The molecule has 0 radical (unpaired) electrons. The molecule has 0 N–H and O–H groups in total. The molecule has 4 nitrogen and oxygen atoms in total. The van der Waals surface area contributed by atoms with Crippen LogP contribution in [0.15, 0.2) is 60.7 Å². The van der Waals surface area contributed by atoms with Crippen molar-refractivity contribution in [2.75, 3.05) is 18.1 Å². The number of hydrogen-bond acceptors (Lipinski definition) is 3. The van der Waals surface area contributed by atoms with E-state index in [0.29, 0.717) is 19.8 Å². The van der Waals surface area contributed by atoms with Crippen LogP contribution in [0, 0.1) is 0 Å². The summed E-state index contributed by atoms with van der Waals surface area (Å²) in [6, 6.07) is 19.5. The molecule has 2 aromatic rings. The summed E-state index contributed by atoms with van der Waals surface area (Å²) in [6.07, 6.45) is -0.532. The molecule has 1 atom stereocenters. The van der Waals surface area contributed by atoms with Crippen LogP contribution in [0.25, 0.3) is 0 Å². The molecule has 1 amide bonds. The van der Waals surface area contributed by atoms with Gasteiger partial charge < -0.3 is 9.47 Å². The molecule has 4 heteroatoms. The number of hydrogen-bond donors (Lipinski definition) is 0. The van der Waals surface area contributed by atoms with Crippen LogP contribution in [0.4, 0.5) is 10.5 Å². The molecular weight excluding hydrogens is 266 g/mol. The normalized spacial score (nSPS) is 17.8. The molecule has 1 heterocycles. The first-order chi connectivity index (χ1) is 10.3. The average Bonchev–Trinajstić information content (AvgIpc) is 2.90. The van der Waals surface area contributed by atoms with Crippen LogP contribution < -0.4 is 4.90 Å². The van der Waals surface area contributed by atoms with Crippen molar-refractivity contribution in [2.45, 2.75) is 12.7 Å². The van der Waals surface area contributed by atoms with E-state index in [1.165, 1.54) is 0 Å². The van der Waals surface area contributed by atoms with E-state index in [2.05, 4.69) is 0 Å². The Morgan fingerprint density at radius 2 is 1.71 bits per heavy atom. The van der Waals surface area contributed by atoms with Crippen LogP contribution in [0.2, 0.25) is 0 Å². The minimum atomic E-state index is -0.311. The lowest BCUT2D eigenvalue weighted by atomic mass is 10.2. The Morgan fingerprint density at radius 1 is 1.05 bits per heavy atom. The van der Waals surface area contributed by atoms with Crippen LogP contribution >= 0.6 is 0 Å². The molecule has 2 aromatic carbocycles. The molecule has 0 unspecified atom stereocenters. The zero-order valence-corrected chi connectivity index (χ0v) is 11.6. The maximum atomic E-state index is 11.9. The van der Waals surface area contributed by atoms with Crippen LogP contribution in [-0.2, 0) is 16.1 Å². The highest BCUT2D eigenvalue weighted by Crippen LogP contribution is 2.21. The summed E-state index contributed by atoms with van der Waals surface area (Å²) in [5, 5.41) is 0. The average molecular weight is 283 g/mol. The zero-order chi connectivity index (χ0) is 14.5. The molecule has 0 aliphatic carbocycles. The van der Waals surface area contributed by atoms with Crippen LogP contribution in [0.5, 0.6) is 0 Å². The number of anilines is 1. The van der Waals surface area contributed by atoms with Crippen LogP contribution in [0.1, 0.15) is 5.56 Å². The molecule has 3 rings (SSSR count). The van der Waals surface area contributed by atoms with Gasteiger partial charge in [0.2, 0.25) is 0 Å². The molecule has 1 aliphatic rings. The van der Waals surface area contributed by atoms with Crippen molar-refractivity contribution >= 4 is 11.8 Å². The summed E-state index contributed by atoms with van der Waals surface area (Å²) in [5.74, 6) is 0. The first-order valence-corrected chi connectivity index (χ1v) is 6.98. The number of cyclic esters (lactones) is 1. The van der Waals surface area contributed by atoms with Gasteiger partial charge in [-0.1, -0.05) is 48.5 Å². The van der Waals surface area contributed by atoms with Crippen molar-refractivity contribution in [3.63, 3.8) is 0 Å². The molecule has 0 aromatic heterocycles. The maximum absolute atomic E-state index is 11.9. The standard InChI is InChI=1S/C17H17NO3/c19-17-18(15-9-5-2-6-10-15)11-16(21-17)13-20-12-14-7-3-1-4-8-14/h1-10,16H,11-13H2/t16-/m0/s1. The molecular formula is C17H17NO3. The number of nitrogens with zero attached hydrogens (tertiary/aromatic N) is 1. The molecule has 21 heavy (non-hydrogen) atoms. The van der Waals surface area contributed by atoms with E-state index >= 15 is 0 Å². The monoisotopic (exact) mass is 283 g/mol. The van der Waals surface area contributed by atoms with Crippen molar-refractivity contribution in [2.24, 2.45) is 0 Å². The zero-order valence-electron chi connectivity index (χ0n) is 11.6. The smallest absolute Gasteiger partial charge is 0.414 e. The minimum absolute atomic E-state index is 0.221. The van der Waals surface area contributed by atoms with Crippen molar-refractivity contribution in [3.8, 4) is 0 Å². The van der Waals surface area contributed by atoms with Crippen LogP contribution in [0.3, 0.4) is 0 Å². The van der Waals surface area contributed by atoms with Gasteiger partial charge in [-0.05, 0) is 17.7 Å². The molecule has 0 bridgehead atoms. The third kappa shape index (κ3) is 3.41. The lowest BCUT2D eigenvalue weighted by Gasteiger charge is -2.12. The first-order valence-electron chi connectivity index (χ1n) is 6.98. The Bertz CT molecular complexity index is 585. The Hall–Kier alpha value is -2.33. The van der Waals surface area contributed by atoms with Gasteiger partial charge in [0.1, 0.15) is 6.10 Å². The summed E-state index contributed by atoms with van der Waals surface area (Å²) < 4.78 is 11.0. The van der Waals surface area contributed by atoms with E-state index in [9.17, 15) is 4.79 Å². The van der Waals surface area contributed by atoms with E-state index in [-0.39, 0.29) is 12.2 Å². The molecule has 0 spiro atoms. The lowest BCUT2D eigenvalue weighted by Crippen LogP contribution is -2.25. The van der Waals surface area contributed by atoms with Gasteiger partial charge in [-0.3, -0.25) is 4.90 Å². The third-order valence-corrected chi connectivity index (χ3v) is 3.36. The van der Waals surface area contributed by atoms with Gasteiger partial charge in [-0.25, -0.2) is 4.79 Å². The predicted octanol–water partition coefficient (Wildman–Crippen LogP) is 3.23. The molecule has 108 valence electrons. The van der Waals surface area contributed by atoms with Gasteiger partial charge in [0, 0.05) is 5.69 Å². The number of para-hydroxylation sites is 1. The Balaban J connectivity index is 1.51. The van der Waals surface area contributed by atoms with E-state index in [1.54, 1.807) is 4.90 Å².